The van der Waals surface area contributed by atoms with E-state index < -0.39 is 0 Å². The lowest BCUT2D eigenvalue weighted by Gasteiger charge is -2.11. The van der Waals surface area contributed by atoms with E-state index in [4.69, 9.17) is 5.11 Å². The molecule has 0 spiro atoms. The summed E-state index contributed by atoms with van der Waals surface area (Å²) in [5, 5.41) is 13.8. The van der Waals surface area contributed by atoms with Gasteiger partial charge in [0.15, 0.2) is 0 Å². The molecule has 1 aromatic rings. The highest BCUT2D eigenvalue weighted by Crippen LogP contribution is 2.11. The van der Waals surface area contributed by atoms with Crippen molar-refractivity contribution < 1.29 is 14.7 Å². The molecular formula is C12H15BrN2O3. The molecule has 0 aliphatic carbocycles. The number of carbonyl (C=O) groups excluding carboxylic acids is 2. The van der Waals surface area contributed by atoms with Gasteiger partial charge in [0.05, 0.1) is 13.2 Å². The molecule has 0 aromatic heterocycles. The van der Waals surface area contributed by atoms with Gasteiger partial charge >= 0.3 is 0 Å². The van der Waals surface area contributed by atoms with Crippen molar-refractivity contribution >= 4 is 27.7 Å². The molecule has 1 atom stereocenters. The second kappa shape index (κ2) is 7.13. The molecule has 5 nitrogen and oxygen atoms in total. The minimum Gasteiger partial charge on any atom is -0.394 e. The average Bonchev–Trinajstić information content (AvgIpc) is 2.35. The summed E-state index contributed by atoms with van der Waals surface area (Å²) >= 11 is 3.27. The molecule has 0 fully saturated rings. The van der Waals surface area contributed by atoms with Crippen LogP contribution in [0.5, 0.6) is 0 Å². The maximum absolute atomic E-state index is 11.7. The van der Waals surface area contributed by atoms with Crippen molar-refractivity contribution in [3.63, 3.8) is 0 Å². The number of amides is 2. The van der Waals surface area contributed by atoms with Gasteiger partial charge in [-0.05, 0) is 25.1 Å². The van der Waals surface area contributed by atoms with Crippen LogP contribution in [0.1, 0.15) is 17.3 Å². The van der Waals surface area contributed by atoms with Crippen LogP contribution in [0, 0.1) is 0 Å². The summed E-state index contributed by atoms with van der Waals surface area (Å²) in [7, 11) is 0. The van der Waals surface area contributed by atoms with Gasteiger partial charge in [-0.15, -0.1) is 0 Å². The van der Waals surface area contributed by atoms with E-state index in [0.717, 1.165) is 4.47 Å². The summed E-state index contributed by atoms with van der Waals surface area (Å²) in [6.45, 7) is 1.43. The maximum atomic E-state index is 11.7. The Bertz CT molecular complexity index is 437. The smallest absolute Gasteiger partial charge is 0.251 e. The topological polar surface area (TPSA) is 78.4 Å². The fraction of sp³-hybridized carbons (Fsp3) is 0.333. The standard InChI is InChI=1S/C12H15BrN2O3/c1-8(7-16)15-11(17)6-14-12(18)9-3-2-4-10(13)5-9/h2-5,8,16H,6-7H2,1H3,(H,14,18)(H,15,17). The molecule has 0 bridgehead atoms. The van der Waals surface area contributed by atoms with Crippen LogP contribution in [0.4, 0.5) is 0 Å². The highest BCUT2D eigenvalue weighted by atomic mass is 79.9. The Morgan fingerprint density at radius 3 is 2.78 bits per heavy atom. The summed E-state index contributed by atoms with van der Waals surface area (Å²) in [5.74, 6) is -0.650. The van der Waals surface area contributed by atoms with Crippen molar-refractivity contribution in [1.29, 1.82) is 0 Å². The van der Waals surface area contributed by atoms with Crippen LogP contribution in [0.3, 0.4) is 0 Å². The Balaban J connectivity index is 2.44. The molecule has 3 N–H and O–H groups in total. The molecule has 2 amide bonds. The zero-order valence-corrected chi connectivity index (χ0v) is 11.5. The Labute approximate surface area is 114 Å². The molecule has 98 valence electrons. The zero-order valence-electron chi connectivity index (χ0n) is 9.94. The minimum absolute atomic E-state index is 0.115. The Kier molecular flexibility index (Phi) is 5.80. The monoisotopic (exact) mass is 314 g/mol. The largest absolute Gasteiger partial charge is 0.394 e. The molecule has 0 saturated heterocycles. The van der Waals surface area contributed by atoms with Crippen LogP contribution in [0.25, 0.3) is 0 Å². The van der Waals surface area contributed by atoms with Gasteiger partial charge < -0.3 is 15.7 Å². The fourth-order valence-corrected chi connectivity index (χ4v) is 1.66. The van der Waals surface area contributed by atoms with E-state index in [-0.39, 0.29) is 31.0 Å². The third-order valence-electron chi connectivity index (χ3n) is 2.18. The van der Waals surface area contributed by atoms with Gasteiger partial charge in [-0.2, -0.15) is 0 Å². The summed E-state index contributed by atoms with van der Waals surface area (Å²) < 4.78 is 0.800. The van der Waals surface area contributed by atoms with Crippen molar-refractivity contribution in [2.24, 2.45) is 0 Å². The number of halogens is 1. The molecule has 1 aromatic carbocycles. The number of hydrogen-bond donors (Lipinski definition) is 3. The van der Waals surface area contributed by atoms with E-state index in [1.54, 1.807) is 25.1 Å². The number of carbonyl (C=O) groups is 2. The molecule has 1 unspecified atom stereocenters. The zero-order chi connectivity index (χ0) is 13.5. The van der Waals surface area contributed by atoms with E-state index in [1.807, 2.05) is 6.07 Å². The van der Waals surface area contributed by atoms with Gasteiger partial charge in [-0.3, -0.25) is 9.59 Å². The third kappa shape index (κ3) is 4.85. The van der Waals surface area contributed by atoms with Crippen molar-refractivity contribution in [3.05, 3.63) is 34.3 Å². The van der Waals surface area contributed by atoms with Crippen LogP contribution in [0.15, 0.2) is 28.7 Å². The molecule has 0 aliphatic rings. The van der Waals surface area contributed by atoms with Gasteiger partial charge in [-0.1, -0.05) is 22.0 Å². The first-order chi connectivity index (χ1) is 8.52. The Morgan fingerprint density at radius 1 is 1.44 bits per heavy atom. The van der Waals surface area contributed by atoms with Gasteiger partial charge in [0.1, 0.15) is 0 Å². The number of hydrogen-bond acceptors (Lipinski definition) is 3. The molecule has 0 saturated carbocycles. The molecule has 18 heavy (non-hydrogen) atoms. The molecule has 1 rings (SSSR count). The van der Waals surface area contributed by atoms with E-state index in [0.29, 0.717) is 5.56 Å². The van der Waals surface area contributed by atoms with Gasteiger partial charge in [0.2, 0.25) is 5.91 Å². The Morgan fingerprint density at radius 2 is 2.17 bits per heavy atom. The lowest BCUT2D eigenvalue weighted by atomic mass is 10.2. The van der Waals surface area contributed by atoms with Crippen LogP contribution in [-0.2, 0) is 4.79 Å². The van der Waals surface area contributed by atoms with Crippen molar-refractivity contribution in [2.75, 3.05) is 13.2 Å². The summed E-state index contributed by atoms with van der Waals surface area (Å²) in [6, 6.07) is 6.57. The normalized spacial score (nSPS) is 11.7. The Hall–Kier alpha value is -1.40. The summed E-state index contributed by atoms with van der Waals surface area (Å²) in [4.78, 5) is 23.1. The number of aliphatic hydroxyl groups excluding tert-OH is 1. The van der Waals surface area contributed by atoms with E-state index in [2.05, 4.69) is 26.6 Å². The fourth-order valence-electron chi connectivity index (χ4n) is 1.26. The summed E-state index contributed by atoms with van der Waals surface area (Å²) in [6.07, 6.45) is 0. The minimum atomic E-state index is -0.333. The second-order valence-electron chi connectivity index (χ2n) is 3.84. The number of nitrogens with one attached hydrogen (secondary N) is 2. The quantitative estimate of drug-likeness (QED) is 0.747. The second-order valence-corrected chi connectivity index (χ2v) is 4.76. The molecular weight excluding hydrogens is 300 g/mol. The molecule has 0 heterocycles. The number of rotatable bonds is 5. The van der Waals surface area contributed by atoms with E-state index in [1.165, 1.54) is 0 Å². The van der Waals surface area contributed by atoms with Crippen LogP contribution >= 0.6 is 15.9 Å². The maximum Gasteiger partial charge on any atom is 0.251 e. The number of aliphatic hydroxyl groups is 1. The van der Waals surface area contributed by atoms with Crippen molar-refractivity contribution in [1.82, 2.24) is 10.6 Å². The SMILES string of the molecule is CC(CO)NC(=O)CNC(=O)c1cccc(Br)c1. The molecule has 0 aliphatic heterocycles. The van der Waals surface area contributed by atoms with E-state index >= 15 is 0 Å². The van der Waals surface area contributed by atoms with Gasteiger partial charge in [-0.25, -0.2) is 0 Å². The predicted octanol–water partition coefficient (Wildman–Crippen LogP) is 0.676. The van der Waals surface area contributed by atoms with Gasteiger partial charge in [0.25, 0.3) is 5.91 Å². The first-order valence-corrected chi connectivity index (χ1v) is 6.26. The van der Waals surface area contributed by atoms with Crippen molar-refractivity contribution in [3.8, 4) is 0 Å². The molecule has 0 radical (unpaired) electrons. The highest BCUT2D eigenvalue weighted by Gasteiger charge is 2.09. The molecule has 6 heteroatoms. The summed E-state index contributed by atoms with van der Waals surface area (Å²) in [5.41, 5.74) is 0.479. The van der Waals surface area contributed by atoms with Crippen molar-refractivity contribution in [2.45, 2.75) is 13.0 Å². The third-order valence-corrected chi connectivity index (χ3v) is 2.67. The average molecular weight is 315 g/mol. The lowest BCUT2D eigenvalue weighted by molar-refractivity contribution is -0.121. The van der Waals surface area contributed by atoms with Gasteiger partial charge in [0, 0.05) is 16.1 Å². The van der Waals surface area contributed by atoms with E-state index in [9.17, 15) is 9.59 Å². The van der Waals surface area contributed by atoms with Crippen LogP contribution < -0.4 is 10.6 Å². The predicted molar refractivity (Wildman–Crippen MR) is 71.2 cm³/mol. The van der Waals surface area contributed by atoms with Crippen LogP contribution in [-0.4, -0.2) is 36.1 Å². The highest BCUT2D eigenvalue weighted by molar-refractivity contribution is 9.10. The van der Waals surface area contributed by atoms with Crippen LogP contribution in [0.2, 0.25) is 0 Å². The number of benzene rings is 1. The first-order valence-electron chi connectivity index (χ1n) is 5.47. The lowest BCUT2D eigenvalue weighted by Crippen LogP contribution is -2.42. The first kappa shape index (κ1) is 14.7.